The molecule has 0 radical (unpaired) electrons. The summed E-state index contributed by atoms with van der Waals surface area (Å²) in [4.78, 5) is 9.19. The van der Waals surface area contributed by atoms with Crippen LogP contribution in [0.1, 0.15) is 50.3 Å². The second-order valence-electron chi connectivity index (χ2n) is 7.66. The van der Waals surface area contributed by atoms with Crippen molar-refractivity contribution in [1.82, 2.24) is 15.1 Å². The van der Waals surface area contributed by atoms with Gasteiger partial charge in [-0.3, -0.25) is 9.89 Å². The van der Waals surface area contributed by atoms with E-state index in [9.17, 15) is 0 Å². The van der Waals surface area contributed by atoms with Crippen molar-refractivity contribution in [3.63, 3.8) is 0 Å². The van der Waals surface area contributed by atoms with Crippen LogP contribution in [0.5, 0.6) is 0 Å². The molecule has 1 aliphatic heterocycles. The summed E-state index contributed by atoms with van der Waals surface area (Å²) in [5, 5.41) is 3.58. The molecule has 1 unspecified atom stereocenters. The van der Waals surface area contributed by atoms with Gasteiger partial charge in [0.2, 0.25) is 0 Å². The Bertz CT molecular complexity index is 538. The van der Waals surface area contributed by atoms with Gasteiger partial charge in [0, 0.05) is 26.7 Å². The van der Waals surface area contributed by atoms with Crippen LogP contribution in [0, 0.1) is 5.41 Å². The first-order valence-corrected chi connectivity index (χ1v) is 9.29. The normalized spacial score (nSPS) is 21.4. The van der Waals surface area contributed by atoms with Gasteiger partial charge >= 0.3 is 0 Å². The molecule has 2 fully saturated rings. The molecule has 25 heavy (non-hydrogen) atoms. The molecule has 6 heteroatoms. The Balaban J connectivity index is 0.00000225. The van der Waals surface area contributed by atoms with Gasteiger partial charge in [-0.25, -0.2) is 0 Å². The Morgan fingerprint density at radius 1 is 1.32 bits per heavy atom. The van der Waals surface area contributed by atoms with Crippen LogP contribution in [0.15, 0.2) is 27.8 Å². The highest BCUT2D eigenvalue weighted by atomic mass is 127. The molecule has 142 valence electrons. The molecular formula is C19H33IN4O. The van der Waals surface area contributed by atoms with Crippen molar-refractivity contribution in [2.45, 2.75) is 44.6 Å². The lowest BCUT2D eigenvalue weighted by molar-refractivity contribution is 0.202. The zero-order chi connectivity index (χ0) is 17.0. The van der Waals surface area contributed by atoms with Gasteiger partial charge in [0.25, 0.3) is 0 Å². The van der Waals surface area contributed by atoms with Crippen LogP contribution in [0.4, 0.5) is 0 Å². The number of hydrogen-bond acceptors (Lipinski definition) is 3. The summed E-state index contributed by atoms with van der Waals surface area (Å²) in [6.07, 6.45) is 10.1. The molecule has 2 aliphatic rings. The van der Waals surface area contributed by atoms with E-state index in [1.807, 2.05) is 19.2 Å². The summed E-state index contributed by atoms with van der Waals surface area (Å²) in [6.45, 7) is 3.10. The van der Waals surface area contributed by atoms with Crippen LogP contribution in [-0.4, -0.2) is 56.5 Å². The molecule has 3 rings (SSSR count). The van der Waals surface area contributed by atoms with E-state index in [1.54, 1.807) is 6.26 Å². The fourth-order valence-corrected chi connectivity index (χ4v) is 4.36. The zero-order valence-corrected chi connectivity index (χ0v) is 18.2. The minimum Gasteiger partial charge on any atom is -0.468 e. The minimum absolute atomic E-state index is 0. The van der Waals surface area contributed by atoms with Crippen molar-refractivity contribution in [1.29, 1.82) is 0 Å². The number of likely N-dealkylation sites (tertiary alicyclic amines) is 1. The number of likely N-dealkylation sites (N-methyl/N-ethyl adjacent to an activating group) is 1. The largest absolute Gasteiger partial charge is 0.468 e. The van der Waals surface area contributed by atoms with Gasteiger partial charge in [-0.05, 0) is 50.9 Å². The summed E-state index contributed by atoms with van der Waals surface area (Å²) in [6, 6.07) is 4.21. The lowest BCUT2D eigenvalue weighted by atomic mass is 9.73. The van der Waals surface area contributed by atoms with Gasteiger partial charge in [0.1, 0.15) is 5.76 Å². The van der Waals surface area contributed by atoms with Crippen LogP contribution in [0.25, 0.3) is 0 Å². The maximum Gasteiger partial charge on any atom is 0.193 e. The number of furan rings is 1. The second-order valence-corrected chi connectivity index (χ2v) is 7.66. The Kier molecular flexibility index (Phi) is 7.61. The predicted molar refractivity (Wildman–Crippen MR) is 114 cm³/mol. The van der Waals surface area contributed by atoms with Crippen LogP contribution in [0.2, 0.25) is 0 Å². The zero-order valence-electron chi connectivity index (χ0n) is 15.8. The van der Waals surface area contributed by atoms with E-state index in [4.69, 9.17) is 4.42 Å². The fourth-order valence-electron chi connectivity index (χ4n) is 4.36. The number of nitrogens with one attached hydrogen (secondary N) is 1. The molecule has 1 aliphatic carbocycles. The Hall–Kier alpha value is -0.760. The van der Waals surface area contributed by atoms with Crippen LogP contribution in [-0.2, 0) is 0 Å². The summed E-state index contributed by atoms with van der Waals surface area (Å²) >= 11 is 0. The van der Waals surface area contributed by atoms with Crippen LogP contribution >= 0.6 is 24.0 Å². The molecule has 1 saturated heterocycles. The lowest BCUT2D eigenvalue weighted by Crippen LogP contribution is -2.44. The van der Waals surface area contributed by atoms with Crippen LogP contribution < -0.4 is 5.32 Å². The molecule has 1 N–H and O–H groups in total. The smallest absolute Gasteiger partial charge is 0.193 e. The molecule has 1 spiro atoms. The maximum absolute atomic E-state index is 5.60. The topological polar surface area (TPSA) is 44.0 Å². The molecule has 1 atom stereocenters. The molecule has 1 aromatic heterocycles. The third kappa shape index (κ3) is 4.90. The first kappa shape index (κ1) is 20.6. The van der Waals surface area contributed by atoms with Gasteiger partial charge in [-0.2, -0.15) is 0 Å². The van der Waals surface area contributed by atoms with E-state index in [-0.39, 0.29) is 30.0 Å². The van der Waals surface area contributed by atoms with Crippen molar-refractivity contribution in [2.24, 2.45) is 10.4 Å². The number of guanidine groups is 1. The first-order chi connectivity index (χ1) is 11.6. The number of nitrogens with zero attached hydrogens (tertiary/aromatic N) is 3. The van der Waals surface area contributed by atoms with E-state index in [0.29, 0.717) is 5.41 Å². The summed E-state index contributed by atoms with van der Waals surface area (Å²) < 4.78 is 5.60. The van der Waals surface area contributed by atoms with Crippen molar-refractivity contribution >= 4 is 29.9 Å². The van der Waals surface area contributed by atoms with E-state index in [0.717, 1.165) is 24.8 Å². The van der Waals surface area contributed by atoms with Gasteiger partial charge < -0.3 is 14.6 Å². The number of hydrogen-bond donors (Lipinski definition) is 1. The Labute approximate surface area is 169 Å². The summed E-state index contributed by atoms with van der Waals surface area (Å²) in [5.74, 6) is 2.03. The molecule has 2 heterocycles. The van der Waals surface area contributed by atoms with Crippen molar-refractivity contribution in [3.05, 3.63) is 24.2 Å². The highest BCUT2D eigenvalue weighted by Gasteiger charge is 2.39. The van der Waals surface area contributed by atoms with Gasteiger partial charge in [0.15, 0.2) is 5.96 Å². The first-order valence-electron chi connectivity index (χ1n) is 9.29. The third-order valence-electron chi connectivity index (χ3n) is 5.81. The average Bonchev–Trinajstić information content (AvgIpc) is 3.23. The standard InChI is InChI=1S/C19H32N4O.HI/c1-20-18(21-14-16(22(2)3)17-8-7-13-24-17)23-12-11-19(15-23)9-5-4-6-10-19;/h7-8,13,16H,4-6,9-12,14-15H2,1-3H3,(H,20,21);1H. The van der Waals surface area contributed by atoms with Gasteiger partial charge in [-0.1, -0.05) is 19.3 Å². The van der Waals surface area contributed by atoms with Crippen molar-refractivity contribution < 1.29 is 4.42 Å². The van der Waals surface area contributed by atoms with Crippen molar-refractivity contribution in [2.75, 3.05) is 40.8 Å². The lowest BCUT2D eigenvalue weighted by Gasteiger charge is -2.34. The quantitative estimate of drug-likeness (QED) is 0.423. The Morgan fingerprint density at radius 2 is 2.08 bits per heavy atom. The monoisotopic (exact) mass is 460 g/mol. The highest BCUT2D eigenvalue weighted by Crippen LogP contribution is 2.43. The van der Waals surface area contributed by atoms with Gasteiger partial charge in [-0.15, -0.1) is 24.0 Å². The molecule has 1 saturated carbocycles. The fraction of sp³-hybridized carbons (Fsp3) is 0.737. The minimum atomic E-state index is 0. The molecule has 1 aromatic rings. The number of aliphatic imine (C=N–C) groups is 1. The van der Waals surface area contributed by atoms with E-state index in [1.165, 1.54) is 45.1 Å². The SMILES string of the molecule is CN=C(NCC(c1ccco1)N(C)C)N1CCC2(CCCCC2)C1.I. The predicted octanol–water partition coefficient (Wildman–Crippen LogP) is 3.73. The molecule has 0 amide bonds. The van der Waals surface area contributed by atoms with E-state index >= 15 is 0 Å². The number of rotatable bonds is 4. The van der Waals surface area contributed by atoms with Gasteiger partial charge in [0.05, 0.1) is 12.3 Å². The maximum atomic E-state index is 5.60. The number of halogens is 1. The molecular weight excluding hydrogens is 427 g/mol. The average molecular weight is 460 g/mol. The van der Waals surface area contributed by atoms with Crippen molar-refractivity contribution in [3.8, 4) is 0 Å². The van der Waals surface area contributed by atoms with E-state index in [2.05, 4.69) is 34.2 Å². The van der Waals surface area contributed by atoms with Crippen LogP contribution in [0.3, 0.4) is 0 Å². The Morgan fingerprint density at radius 3 is 2.68 bits per heavy atom. The second kappa shape index (κ2) is 9.26. The van der Waals surface area contributed by atoms with E-state index < -0.39 is 0 Å². The highest BCUT2D eigenvalue weighted by molar-refractivity contribution is 14.0. The summed E-state index contributed by atoms with van der Waals surface area (Å²) in [5.41, 5.74) is 0.553. The third-order valence-corrected chi connectivity index (χ3v) is 5.81. The molecule has 5 nitrogen and oxygen atoms in total. The summed E-state index contributed by atoms with van der Waals surface area (Å²) in [7, 11) is 6.07. The molecule has 0 aromatic carbocycles. The molecule has 0 bridgehead atoms.